The van der Waals surface area contributed by atoms with Crippen LogP contribution in [0.5, 0.6) is 11.5 Å². The molecule has 0 saturated carbocycles. The molecule has 2 heterocycles. The van der Waals surface area contributed by atoms with Crippen molar-refractivity contribution in [2.45, 2.75) is 6.42 Å². The van der Waals surface area contributed by atoms with Crippen molar-refractivity contribution in [1.29, 1.82) is 0 Å². The van der Waals surface area contributed by atoms with Gasteiger partial charge in [-0.2, -0.15) is 0 Å². The maximum absolute atomic E-state index is 5.95. The quantitative estimate of drug-likeness (QED) is 0.672. The molecule has 160 valence electrons. The van der Waals surface area contributed by atoms with E-state index in [9.17, 15) is 0 Å². The number of nitrogens with zero attached hydrogens (tertiary/aromatic N) is 4. The summed E-state index contributed by atoms with van der Waals surface area (Å²) in [5.41, 5.74) is 2.77. The summed E-state index contributed by atoms with van der Waals surface area (Å²) in [6.45, 7) is 3.49. The van der Waals surface area contributed by atoms with Crippen molar-refractivity contribution in [3.05, 3.63) is 72.1 Å². The van der Waals surface area contributed by atoms with Crippen LogP contribution in [0.3, 0.4) is 0 Å². The van der Waals surface area contributed by atoms with Gasteiger partial charge in [0, 0.05) is 32.2 Å². The van der Waals surface area contributed by atoms with Gasteiger partial charge >= 0.3 is 0 Å². The summed E-state index contributed by atoms with van der Waals surface area (Å²) in [5.74, 6) is 3.14. The van der Waals surface area contributed by atoms with Gasteiger partial charge < -0.3 is 20.3 Å². The number of aromatic nitrogens is 2. The third-order valence-electron chi connectivity index (χ3n) is 5.18. The second-order valence-electron chi connectivity index (χ2n) is 7.45. The first-order valence-electron chi connectivity index (χ1n) is 10.6. The van der Waals surface area contributed by atoms with Gasteiger partial charge in [0.2, 0.25) is 0 Å². The van der Waals surface area contributed by atoms with E-state index >= 15 is 0 Å². The summed E-state index contributed by atoms with van der Waals surface area (Å²) < 4.78 is 5.95. The summed E-state index contributed by atoms with van der Waals surface area (Å²) in [4.78, 5) is 16.3. The first-order valence-corrected chi connectivity index (χ1v) is 10.6. The molecule has 7 heteroatoms. The smallest absolute Gasteiger partial charge is 0.141 e. The summed E-state index contributed by atoms with van der Waals surface area (Å²) in [7, 11) is 4.01. The van der Waals surface area contributed by atoms with Crippen LogP contribution in [0.4, 0.5) is 11.6 Å². The number of benzene rings is 2. The summed E-state index contributed by atoms with van der Waals surface area (Å²) >= 11 is 0. The Hall–Kier alpha value is -3.45. The Bertz CT molecular complexity index is 1020. The highest BCUT2D eigenvalue weighted by atomic mass is 16.5. The molecule has 0 aliphatic carbocycles. The summed E-state index contributed by atoms with van der Waals surface area (Å²) in [5, 5.41) is 6.67. The molecule has 0 bridgehead atoms. The van der Waals surface area contributed by atoms with Gasteiger partial charge in [-0.15, -0.1) is 0 Å². The first kappa shape index (κ1) is 20.8. The molecule has 0 unspecified atom stereocenters. The van der Waals surface area contributed by atoms with Crippen molar-refractivity contribution in [3.63, 3.8) is 0 Å². The summed E-state index contributed by atoms with van der Waals surface area (Å²) in [6, 6.07) is 17.8. The molecule has 2 aromatic carbocycles. The average molecular weight is 417 g/mol. The van der Waals surface area contributed by atoms with Crippen molar-refractivity contribution in [2.75, 3.05) is 50.9 Å². The van der Waals surface area contributed by atoms with Crippen LogP contribution in [0.2, 0.25) is 0 Å². The Morgan fingerprint density at radius 1 is 0.968 bits per heavy atom. The largest absolute Gasteiger partial charge is 0.457 e. The molecule has 31 heavy (non-hydrogen) atoms. The number of ether oxygens (including phenoxy) is 1. The molecule has 1 aliphatic heterocycles. The predicted molar refractivity (Wildman–Crippen MR) is 126 cm³/mol. The second-order valence-corrected chi connectivity index (χ2v) is 7.45. The molecule has 0 spiro atoms. The van der Waals surface area contributed by atoms with E-state index in [0.717, 1.165) is 72.6 Å². The molecule has 0 amide bonds. The highest BCUT2D eigenvalue weighted by Gasteiger charge is 2.19. The highest BCUT2D eigenvalue weighted by Crippen LogP contribution is 2.27. The lowest BCUT2D eigenvalue weighted by molar-refractivity contribution is 0.344. The number of hydrogen-bond acceptors (Lipinski definition) is 7. The maximum Gasteiger partial charge on any atom is 0.141 e. The molecule has 1 aliphatic rings. The number of para-hydroxylation sites is 1. The second kappa shape index (κ2) is 10.0. The van der Waals surface area contributed by atoms with E-state index < -0.39 is 0 Å². The topological polar surface area (TPSA) is 74.7 Å². The molecular weight excluding hydrogens is 388 g/mol. The van der Waals surface area contributed by atoms with Crippen LogP contribution in [0.25, 0.3) is 0 Å². The van der Waals surface area contributed by atoms with Crippen molar-refractivity contribution >= 4 is 17.3 Å². The minimum absolute atomic E-state index is 0.736. The van der Waals surface area contributed by atoms with Crippen LogP contribution < -0.4 is 15.4 Å². The Morgan fingerprint density at radius 2 is 1.74 bits per heavy atom. The number of fused-ring (bicyclic) bond motifs is 1. The van der Waals surface area contributed by atoms with Gasteiger partial charge in [-0.1, -0.05) is 18.2 Å². The van der Waals surface area contributed by atoms with Gasteiger partial charge in [0.05, 0.1) is 11.3 Å². The van der Waals surface area contributed by atoms with Crippen LogP contribution in [-0.2, 0) is 0 Å². The Labute approximate surface area is 183 Å². The van der Waals surface area contributed by atoms with Crippen molar-refractivity contribution in [3.8, 4) is 11.5 Å². The van der Waals surface area contributed by atoms with Crippen LogP contribution in [0.1, 0.15) is 17.5 Å². The van der Waals surface area contributed by atoms with E-state index in [2.05, 4.69) is 32.5 Å². The van der Waals surface area contributed by atoms with Gasteiger partial charge in [-0.25, -0.2) is 9.97 Å². The van der Waals surface area contributed by atoms with Gasteiger partial charge in [0.25, 0.3) is 0 Å². The zero-order chi connectivity index (χ0) is 21.5. The van der Waals surface area contributed by atoms with Gasteiger partial charge in [-0.3, -0.25) is 4.99 Å². The number of nitrogens with one attached hydrogen (secondary N) is 2. The molecule has 3 aromatic rings. The van der Waals surface area contributed by atoms with E-state index in [1.807, 2.05) is 61.6 Å². The molecule has 0 atom stereocenters. The van der Waals surface area contributed by atoms with E-state index in [-0.39, 0.29) is 0 Å². The van der Waals surface area contributed by atoms with Crippen molar-refractivity contribution < 1.29 is 4.74 Å². The van der Waals surface area contributed by atoms with Crippen LogP contribution >= 0.6 is 0 Å². The van der Waals surface area contributed by atoms with Crippen molar-refractivity contribution in [2.24, 2.45) is 4.99 Å². The fourth-order valence-corrected chi connectivity index (χ4v) is 3.56. The fraction of sp³-hybridized carbons (Fsp3) is 0.292. The molecule has 4 rings (SSSR count). The molecule has 0 saturated heterocycles. The van der Waals surface area contributed by atoms with E-state index in [1.54, 1.807) is 6.33 Å². The van der Waals surface area contributed by atoms with Crippen LogP contribution in [0.15, 0.2) is 65.9 Å². The Morgan fingerprint density at radius 3 is 2.52 bits per heavy atom. The minimum Gasteiger partial charge on any atom is -0.457 e. The number of rotatable bonds is 4. The van der Waals surface area contributed by atoms with Crippen LogP contribution in [-0.4, -0.2) is 60.9 Å². The molecular formula is C24H28N6O. The number of anilines is 2. The molecule has 7 nitrogen and oxygen atoms in total. The van der Waals surface area contributed by atoms with E-state index in [4.69, 9.17) is 9.73 Å². The maximum atomic E-state index is 5.95. The third-order valence-corrected chi connectivity index (χ3v) is 5.18. The zero-order valence-electron chi connectivity index (χ0n) is 18.0. The normalized spacial score (nSPS) is 16.8. The monoisotopic (exact) mass is 416 g/mol. The Kier molecular flexibility index (Phi) is 6.74. The number of hydrogen-bond donors (Lipinski definition) is 2. The lowest BCUT2D eigenvalue weighted by Crippen LogP contribution is -2.26. The first-order chi connectivity index (χ1) is 15.2. The molecule has 1 aromatic heterocycles. The average Bonchev–Trinajstić information content (AvgIpc) is 2.84. The fourth-order valence-electron chi connectivity index (χ4n) is 3.56. The van der Waals surface area contributed by atoms with Crippen molar-refractivity contribution in [1.82, 2.24) is 14.9 Å². The van der Waals surface area contributed by atoms with Gasteiger partial charge in [-0.05, 0) is 56.4 Å². The standard InChI is InChI=1S/C24H28N6O/c1-25-23-21-22(18-9-11-20(12-10-18)31-19-7-4-3-5-8-19)26-13-6-15-30(2)16-14-27-24(21)29-17-28-23/h3-5,7-12,17H,6,13-16H2,1-2H3,(H2,25,27,28,29)/b26-22-. The SMILES string of the molecule is CNc1ncnc2c1/C(c1ccc(Oc3ccccc3)cc1)=N\CCCN(C)CCN2. The Balaban J connectivity index is 1.69. The summed E-state index contributed by atoms with van der Waals surface area (Å²) in [6.07, 6.45) is 2.57. The van der Waals surface area contributed by atoms with Gasteiger partial charge in [0.1, 0.15) is 29.5 Å². The zero-order valence-corrected chi connectivity index (χ0v) is 18.0. The van der Waals surface area contributed by atoms with E-state index in [1.165, 1.54) is 0 Å². The molecule has 2 N–H and O–H groups in total. The van der Waals surface area contributed by atoms with Gasteiger partial charge in [0.15, 0.2) is 0 Å². The minimum atomic E-state index is 0.736. The lowest BCUT2D eigenvalue weighted by Gasteiger charge is -2.17. The lowest BCUT2D eigenvalue weighted by atomic mass is 10.0. The number of likely N-dealkylation sites (N-methyl/N-ethyl adjacent to an activating group) is 1. The van der Waals surface area contributed by atoms with Crippen LogP contribution in [0, 0.1) is 0 Å². The molecule has 0 radical (unpaired) electrons. The predicted octanol–water partition coefficient (Wildman–Crippen LogP) is 3.90. The van der Waals surface area contributed by atoms with E-state index in [0.29, 0.717) is 0 Å². The molecule has 0 fully saturated rings. The third kappa shape index (κ3) is 5.19. The number of aliphatic imine (C=N–C) groups is 1. The highest BCUT2D eigenvalue weighted by molar-refractivity contribution is 6.18.